The largest absolute Gasteiger partial charge is 0.376 e. The van der Waals surface area contributed by atoms with E-state index in [2.05, 4.69) is 21.6 Å². The van der Waals surface area contributed by atoms with Gasteiger partial charge in [-0.3, -0.25) is 9.78 Å². The Labute approximate surface area is 207 Å². The molecule has 6 rings (SSSR count). The van der Waals surface area contributed by atoms with Crippen molar-refractivity contribution in [2.75, 3.05) is 12.4 Å². The number of carbonyl (C=O) groups excluding carboxylic acids is 1. The van der Waals surface area contributed by atoms with Gasteiger partial charge >= 0.3 is 0 Å². The van der Waals surface area contributed by atoms with Crippen molar-refractivity contribution in [1.82, 2.24) is 25.5 Å². The van der Waals surface area contributed by atoms with Crippen LogP contribution >= 0.6 is 0 Å². The van der Waals surface area contributed by atoms with Crippen LogP contribution in [0.2, 0.25) is 0 Å². The van der Waals surface area contributed by atoms with E-state index in [0.717, 1.165) is 17.1 Å². The second kappa shape index (κ2) is 9.03. The number of carbonyl (C=O) groups is 1. The van der Waals surface area contributed by atoms with Gasteiger partial charge in [0.15, 0.2) is 9.84 Å². The smallest absolute Gasteiger partial charge is 0.251 e. The van der Waals surface area contributed by atoms with Crippen molar-refractivity contribution in [3.63, 3.8) is 0 Å². The molecule has 0 radical (unpaired) electrons. The minimum Gasteiger partial charge on any atom is -0.376 e. The number of fused-ring (bicyclic) bond motifs is 2. The molecule has 1 saturated carbocycles. The topological polar surface area (TPSA) is 124 Å². The number of pyridine rings is 2. The van der Waals surface area contributed by atoms with Gasteiger partial charge in [0.1, 0.15) is 5.52 Å². The summed E-state index contributed by atoms with van der Waals surface area (Å²) in [6, 6.07) is 16.2. The zero-order valence-electron chi connectivity index (χ0n) is 19.3. The van der Waals surface area contributed by atoms with Crippen LogP contribution in [0.1, 0.15) is 46.1 Å². The first-order valence-corrected chi connectivity index (χ1v) is 13.4. The van der Waals surface area contributed by atoms with Crippen LogP contribution in [-0.4, -0.2) is 46.9 Å². The van der Waals surface area contributed by atoms with E-state index >= 15 is 0 Å². The number of nitrogens with zero attached hydrogens (tertiary/aromatic N) is 4. The Morgan fingerprint density at radius 1 is 0.972 bits per heavy atom. The molecule has 0 spiro atoms. The Bertz CT molecular complexity index is 1600. The number of amides is 1. The van der Waals surface area contributed by atoms with Crippen LogP contribution in [0.5, 0.6) is 0 Å². The molecule has 1 aliphatic carbocycles. The predicted octanol–water partition coefficient (Wildman–Crippen LogP) is 3.20. The summed E-state index contributed by atoms with van der Waals surface area (Å²) in [5.74, 6) is 0.0509. The quantitative estimate of drug-likeness (QED) is 0.442. The van der Waals surface area contributed by atoms with Crippen LogP contribution < -0.4 is 5.32 Å². The molecule has 4 aromatic rings. The van der Waals surface area contributed by atoms with Crippen LogP contribution in [0.4, 0.5) is 0 Å². The minimum atomic E-state index is -3.50. The van der Waals surface area contributed by atoms with E-state index in [9.17, 15) is 13.2 Å². The highest BCUT2D eigenvalue weighted by Crippen LogP contribution is 2.39. The fourth-order valence-electron chi connectivity index (χ4n) is 4.23. The van der Waals surface area contributed by atoms with Gasteiger partial charge in [-0.25, -0.2) is 13.4 Å². The third-order valence-corrected chi connectivity index (χ3v) is 8.12. The predicted molar refractivity (Wildman–Crippen MR) is 132 cm³/mol. The number of sulfone groups is 1. The first kappa shape index (κ1) is 22.7. The molecule has 0 unspecified atom stereocenters. The summed E-state index contributed by atoms with van der Waals surface area (Å²) in [7, 11) is -3.50. The molecule has 4 heterocycles. The summed E-state index contributed by atoms with van der Waals surface area (Å²) in [5.41, 5.74) is 5.32. The zero-order chi connectivity index (χ0) is 24.7. The number of hydrogen-bond acceptors (Lipinski definition) is 8. The van der Waals surface area contributed by atoms with Crippen molar-refractivity contribution in [2.45, 2.75) is 36.8 Å². The summed E-state index contributed by atoms with van der Waals surface area (Å²) in [6.45, 7) is 0.464. The van der Waals surface area contributed by atoms with Crippen LogP contribution in [-0.2, 0) is 27.7 Å². The summed E-state index contributed by atoms with van der Waals surface area (Å²) >= 11 is 0. The Balaban J connectivity index is 1.21. The number of rotatable bonds is 5. The van der Waals surface area contributed by atoms with E-state index in [1.54, 1.807) is 18.2 Å². The number of hydrogen-bond donors (Lipinski definition) is 1. The monoisotopic (exact) mass is 501 g/mol. The average molecular weight is 502 g/mol. The third kappa shape index (κ3) is 4.57. The van der Waals surface area contributed by atoms with Crippen LogP contribution in [0.3, 0.4) is 0 Å². The van der Waals surface area contributed by atoms with E-state index in [1.807, 2.05) is 24.3 Å². The summed E-state index contributed by atoms with van der Waals surface area (Å²) < 4.78 is 30.4. The molecule has 0 bridgehead atoms. The second-order valence-electron chi connectivity index (χ2n) is 9.04. The normalized spacial score (nSPS) is 16.8. The summed E-state index contributed by atoms with van der Waals surface area (Å²) in [4.78, 5) is 22.4. The Hall–Kier alpha value is -3.76. The molecule has 36 heavy (non-hydrogen) atoms. The Morgan fingerprint density at radius 2 is 1.83 bits per heavy atom. The molecule has 2 aliphatic rings. The van der Waals surface area contributed by atoms with Crippen molar-refractivity contribution < 1.29 is 17.9 Å². The highest BCUT2D eigenvalue weighted by Gasteiger charge is 2.25. The molecular formula is C26H23N5O4S. The van der Waals surface area contributed by atoms with E-state index < -0.39 is 15.7 Å². The van der Waals surface area contributed by atoms with Crippen molar-refractivity contribution in [1.29, 1.82) is 0 Å². The lowest BCUT2D eigenvalue weighted by atomic mass is 10.1. The SMILES string of the molecule is O=C(NCc1cc2nc(-c3cccc(C4CC4)n3)ccc2nn1)c1ccc2c(c1)S(=O)(=O)CCOC2. The number of ether oxygens (including phenoxy) is 1. The second-order valence-corrected chi connectivity index (χ2v) is 11.1. The van der Waals surface area contributed by atoms with Crippen molar-refractivity contribution in [2.24, 2.45) is 0 Å². The van der Waals surface area contributed by atoms with Crippen LogP contribution in [0.15, 0.2) is 59.5 Å². The lowest BCUT2D eigenvalue weighted by molar-refractivity contribution is 0.0950. The van der Waals surface area contributed by atoms with E-state index in [4.69, 9.17) is 14.7 Å². The number of nitrogens with one attached hydrogen (secondary N) is 1. The van der Waals surface area contributed by atoms with Gasteiger partial charge in [0, 0.05) is 17.2 Å². The standard InChI is InChI=1S/C26H23N5O4S/c32-26(17-6-7-18-15-35-10-11-36(33,34)25(18)12-17)27-14-19-13-24-23(31-30-19)9-8-22(29-24)21-3-1-2-20(28-21)16-4-5-16/h1-3,6-9,12-13,16H,4-5,10-11,14-15H2,(H,27,32). The maximum Gasteiger partial charge on any atom is 0.251 e. The van der Waals surface area contributed by atoms with E-state index in [-0.39, 0.29) is 36.0 Å². The molecule has 10 heteroatoms. The molecule has 0 saturated heterocycles. The molecule has 1 aliphatic heterocycles. The fourth-order valence-corrected chi connectivity index (χ4v) is 5.62. The fraction of sp³-hybridized carbons (Fsp3) is 0.269. The first-order chi connectivity index (χ1) is 17.5. The number of aromatic nitrogens is 4. The Kier molecular flexibility index (Phi) is 5.69. The average Bonchev–Trinajstić information content (AvgIpc) is 3.76. The van der Waals surface area contributed by atoms with Gasteiger partial charge in [-0.2, -0.15) is 5.10 Å². The maximum absolute atomic E-state index is 12.8. The first-order valence-electron chi connectivity index (χ1n) is 11.8. The van der Waals surface area contributed by atoms with Gasteiger partial charge in [0.2, 0.25) is 0 Å². The van der Waals surface area contributed by atoms with Crippen molar-refractivity contribution in [3.8, 4) is 11.4 Å². The molecule has 3 aromatic heterocycles. The highest BCUT2D eigenvalue weighted by molar-refractivity contribution is 7.91. The van der Waals surface area contributed by atoms with Gasteiger partial charge in [0.25, 0.3) is 5.91 Å². The van der Waals surface area contributed by atoms with Crippen LogP contribution in [0, 0.1) is 0 Å². The summed E-state index contributed by atoms with van der Waals surface area (Å²) in [6.07, 6.45) is 2.36. The van der Waals surface area contributed by atoms with Gasteiger partial charge in [-0.15, -0.1) is 5.10 Å². The molecule has 1 amide bonds. The van der Waals surface area contributed by atoms with Crippen molar-refractivity contribution >= 4 is 26.8 Å². The zero-order valence-corrected chi connectivity index (χ0v) is 20.2. The van der Waals surface area contributed by atoms with E-state index in [1.165, 1.54) is 18.9 Å². The van der Waals surface area contributed by atoms with Gasteiger partial charge < -0.3 is 10.1 Å². The van der Waals surface area contributed by atoms with Crippen molar-refractivity contribution in [3.05, 3.63) is 77.1 Å². The molecule has 1 fully saturated rings. The van der Waals surface area contributed by atoms with Gasteiger partial charge in [-0.1, -0.05) is 12.1 Å². The summed E-state index contributed by atoms with van der Waals surface area (Å²) in [5, 5.41) is 11.2. The minimum absolute atomic E-state index is 0.104. The molecule has 9 nitrogen and oxygen atoms in total. The lowest BCUT2D eigenvalue weighted by Gasteiger charge is -2.09. The molecule has 1 aromatic carbocycles. The highest BCUT2D eigenvalue weighted by atomic mass is 32.2. The van der Waals surface area contributed by atoms with Crippen LogP contribution in [0.25, 0.3) is 22.4 Å². The van der Waals surface area contributed by atoms with Gasteiger partial charge in [-0.05, 0) is 60.9 Å². The lowest BCUT2D eigenvalue weighted by Crippen LogP contribution is -2.24. The van der Waals surface area contributed by atoms with E-state index in [0.29, 0.717) is 28.2 Å². The number of benzene rings is 1. The third-order valence-electron chi connectivity index (χ3n) is 6.37. The molecule has 0 atom stereocenters. The Morgan fingerprint density at radius 3 is 2.69 bits per heavy atom. The maximum atomic E-state index is 12.8. The molecular weight excluding hydrogens is 478 g/mol. The molecule has 1 N–H and O–H groups in total. The van der Waals surface area contributed by atoms with Gasteiger partial charge in [0.05, 0.1) is 53.0 Å². The molecule has 182 valence electrons.